The molecule has 0 saturated carbocycles. The highest BCUT2D eigenvalue weighted by Gasteiger charge is 2.15. The van der Waals surface area contributed by atoms with Crippen molar-refractivity contribution in [1.82, 2.24) is 10.9 Å². The van der Waals surface area contributed by atoms with Crippen molar-refractivity contribution in [3.8, 4) is 11.5 Å². The monoisotopic (exact) mass is 378 g/mol. The van der Waals surface area contributed by atoms with E-state index in [0.717, 1.165) is 16.3 Å². The molecule has 0 radical (unpaired) electrons. The van der Waals surface area contributed by atoms with Crippen molar-refractivity contribution in [3.05, 3.63) is 72.3 Å². The molecule has 2 amide bonds. The number of hydrogen-bond donors (Lipinski definition) is 2. The SMILES string of the molecule is Cc1ccc(O[C@H](C)C(=O)NNC(=O)COc2ccc3ccccc3c2)cc1. The number of hydrogen-bond acceptors (Lipinski definition) is 4. The molecule has 144 valence electrons. The van der Waals surface area contributed by atoms with Crippen molar-refractivity contribution in [2.75, 3.05) is 6.61 Å². The summed E-state index contributed by atoms with van der Waals surface area (Å²) in [6, 6.07) is 20.8. The third kappa shape index (κ3) is 5.23. The summed E-state index contributed by atoms with van der Waals surface area (Å²) in [7, 11) is 0. The van der Waals surface area contributed by atoms with E-state index < -0.39 is 17.9 Å². The van der Waals surface area contributed by atoms with Crippen molar-refractivity contribution >= 4 is 22.6 Å². The first-order chi connectivity index (χ1) is 13.5. The molecule has 0 saturated heterocycles. The molecule has 0 aliphatic carbocycles. The predicted molar refractivity (Wildman–Crippen MR) is 107 cm³/mol. The van der Waals surface area contributed by atoms with Crippen LogP contribution in [0.4, 0.5) is 0 Å². The molecule has 0 bridgehead atoms. The number of ether oxygens (including phenoxy) is 2. The number of carbonyl (C=O) groups excluding carboxylic acids is 2. The second-order valence-corrected chi connectivity index (χ2v) is 6.41. The molecular formula is C22H22N2O4. The van der Waals surface area contributed by atoms with E-state index in [-0.39, 0.29) is 6.61 Å². The van der Waals surface area contributed by atoms with Crippen LogP contribution < -0.4 is 20.3 Å². The fourth-order valence-corrected chi connectivity index (χ4v) is 2.55. The largest absolute Gasteiger partial charge is 0.484 e. The summed E-state index contributed by atoms with van der Waals surface area (Å²) in [5, 5.41) is 2.12. The molecule has 28 heavy (non-hydrogen) atoms. The summed E-state index contributed by atoms with van der Waals surface area (Å²) in [4.78, 5) is 24.0. The van der Waals surface area contributed by atoms with Gasteiger partial charge in [-0.25, -0.2) is 0 Å². The first kappa shape index (κ1) is 19.2. The summed E-state index contributed by atoms with van der Waals surface area (Å²) in [6.45, 7) is 3.36. The van der Waals surface area contributed by atoms with Gasteiger partial charge in [-0.3, -0.25) is 20.4 Å². The fourth-order valence-electron chi connectivity index (χ4n) is 2.55. The summed E-state index contributed by atoms with van der Waals surface area (Å²) >= 11 is 0. The molecule has 0 aromatic heterocycles. The van der Waals surface area contributed by atoms with Gasteiger partial charge in [0.1, 0.15) is 11.5 Å². The number of nitrogens with one attached hydrogen (secondary N) is 2. The van der Waals surface area contributed by atoms with Crippen molar-refractivity contribution in [3.63, 3.8) is 0 Å². The number of amides is 2. The van der Waals surface area contributed by atoms with Crippen LogP contribution in [0.1, 0.15) is 12.5 Å². The fraction of sp³-hybridized carbons (Fsp3) is 0.182. The highest BCUT2D eigenvalue weighted by atomic mass is 16.5. The summed E-state index contributed by atoms with van der Waals surface area (Å²) in [5.41, 5.74) is 5.76. The standard InChI is InChI=1S/C22H22N2O4/c1-15-7-10-19(11-8-15)28-16(2)22(26)24-23-21(25)14-27-20-12-9-17-5-3-4-6-18(17)13-20/h3-13,16H,14H2,1-2H3,(H,23,25)(H,24,26)/t16-/m1/s1. The molecule has 3 aromatic rings. The van der Waals surface area contributed by atoms with Gasteiger partial charge in [0.15, 0.2) is 12.7 Å². The van der Waals surface area contributed by atoms with Crippen molar-refractivity contribution in [1.29, 1.82) is 0 Å². The van der Waals surface area contributed by atoms with E-state index in [1.54, 1.807) is 25.1 Å². The van der Waals surface area contributed by atoms with Crippen LogP contribution in [0.5, 0.6) is 11.5 Å². The van der Waals surface area contributed by atoms with Gasteiger partial charge < -0.3 is 9.47 Å². The normalized spacial score (nSPS) is 11.5. The first-order valence-corrected chi connectivity index (χ1v) is 8.95. The predicted octanol–water partition coefficient (Wildman–Crippen LogP) is 3.14. The number of fused-ring (bicyclic) bond motifs is 1. The van der Waals surface area contributed by atoms with Crippen molar-refractivity contribution in [2.45, 2.75) is 20.0 Å². The van der Waals surface area contributed by atoms with Crippen LogP contribution in [0.15, 0.2) is 66.7 Å². The number of aryl methyl sites for hydroxylation is 1. The lowest BCUT2D eigenvalue weighted by molar-refractivity contribution is -0.133. The van der Waals surface area contributed by atoms with E-state index in [4.69, 9.17) is 9.47 Å². The van der Waals surface area contributed by atoms with Crippen LogP contribution >= 0.6 is 0 Å². The number of carbonyl (C=O) groups is 2. The van der Waals surface area contributed by atoms with Gasteiger partial charge in [-0.2, -0.15) is 0 Å². The first-order valence-electron chi connectivity index (χ1n) is 8.95. The van der Waals surface area contributed by atoms with Gasteiger partial charge in [-0.1, -0.05) is 48.0 Å². The van der Waals surface area contributed by atoms with Gasteiger partial charge in [0.25, 0.3) is 11.8 Å². The second kappa shape index (κ2) is 8.90. The van der Waals surface area contributed by atoms with Crippen LogP contribution in [-0.2, 0) is 9.59 Å². The zero-order valence-electron chi connectivity index (χ0n) is 15.8. The summed E-state index contributed by atoms with van der Waals surface area (Å²) in [5.74, 6) is 0.235. The minimum atomic E-state index is -0.760. The van der Waals surface area contributed by atoms with E-state index in [0.29, 0.717) is 11.5 Å². The molecule has 6 nitrogen and oxygen atoms in total. The molecule has 1 atom stereocenters. The topological polar surface area (TPSA) is 76.7 Å². The maximum atomic E-state index is 12.0. The quantitative estimate of drug-likeness (QED) is 0.646. The average molecular weight is 378 g/mol. The Balaban J connectivity index is 1.43. The van der Waals surface area contributed by atoms with Gasteiger partial charge >= 0.3 is 0 Å². The van der Waals surface area contributed by atoms with Gasteiger partial charge in [-0.15, -0.1) is 0 Å². The minimum Gasteiger partial charge on any atom is -0.484 e. The smallest absolute Gasteiger partial charge is 0.279 e. The third-order valence-electron chi connectivity index (χ3n) is 4.12. The van der Waals surface area contributed by atoms with Crippen LogP contribution in [-0.4, -0.2) is 24.5 Å². The van der Waals surface area contributed by atoms with Crippen molar-refractivity contribution < 1.29 is 19.1 Å². The van der Waals surface area contributed by atoms with Gasteiger partial charge in [0.05, 0.1) is 0 Å². The zero-order chi connectivity index (χ0) is 19.9. The Morgan fingerprint density at radius 3 is 2.32 bits per heavy atom. The van der Waals surface area contributed by atoms with Gasteiger partial charge in [0.2, 0.25) is 0 Å². The van der Waals surface area contributed by atoms with E-state index in [9.17, 15) is 9.59 Å². The molecule has 0 unspecified atom stereocenters. The van der Waals surface area contributed by atoms with E-state index in [2.05, 4.69) is 10.9 Å². The maximum Gasteiger partial charge on any atom is 0.279 e. The van der Waals surface area contributed by atoms with E-state index in [1.165, 1.54) is 0 Å². The van der Waals surface area contributed by atoms with Gasteiger partial charge in [0, 0.05) is 0 Å². The molecule has 0 spiro atoms. The molecule has 0 fully saturated rings. The van der Waals surface area contributed by atoms with Crippen molar-refractivity contribution in [2.24, 2.45) is 0 Å². The van der Waals surface area contributed by atoms with E-state index in [1.807, 2.05) is 55.5 Å². The average Bonchev–Trinajstić information content (AvgIpc) is 2.71. The lowest BCUT2D eigenvalue weighted by Gasteiger charge is -2.15. The van der Waals surface area contributed by atoms with Gasteiger partial charge in [-0.05, 0) is 48.9 Å². The Morgan fingerprint density at radius 1 is 0.893 bits per heavy atom. The number of benzene rings is 3. The Hall–Kier alpha value is -3.54. The maximum absolute atomic E-state index is 12.0. The lowest BCUT2D eigenvalue weighted by atomic mass is 10.1. The number of rotatable bonds is 6. The highest BCUT2D eigenvalue weighted by Crippen LogP contribution is 2.20. The summed E-state index contributed by atoms with van der Waals surface area (Å²) < 4.78 is 11.0. The molecule has 3 rings (SSSR count). The second-order valence-electron chi connectivity index (χ2n) is 6.41. The van der Waals surface area contributed by atoms with Crippen LogP contribution in [0, 0.1) is 6.92 Å². The Morgan fingerprint density at radius 2 is 1.57 bits per heavy atom. The molecule has 6 heteroatoms. The Bertz CT molecular complexity index is 970. The van der Waals surface area contributed by atoms with Crippen LogP contribution in [0.2, 0.25) is 0 Å². The molecule has 3 aromatic carbocycles. The third-order valence-corrected chi connectivity index (χ3v) is 4.12. The number of hydrazine groups is 1. The molecular weight excluding hydrogens is 356 g/mol. The Kier molecular flexibility index (Phi) is 6.11. The Labute approximate surface area is 163 Å². The highest BCUT2D eigenvalue weighted by molar-refractivity contribution is 5.86. The molecule has 0 aliphatic heterocycles. The molecule has 2 N–H and O–H groups in total. The van der Waals surface area contributed by atoms with Crippen LogP contribution in [0.3, 0.4) is 0 Å². The summed E-state index contributed by atoms with van der Waals surface area (Å²) in [6.07, 6.45) is -0.760. The minimum absolute atomic E-state index is 0.216. The zero-order valence-corrected chi connectivity index (χ0v) is 15.8. The molecule has 0 heterocycles. The molecule has 0 aliphatic rings. The van der Waals surface area contributed by atoms with Crippen LogP contribution in [0.25, 0.3) is 10.8 Å². The lowest BCUT2D eigenvalue weighted by Crippen LogP contribution is -2.48. The van der Waals surface area contributed by atoms with E-state index >= 15 is 0 Å².